The summed E-state index contributed by atoms with van der Waals surface area (Å²) in [7, 11) is 2.33. The zero-order chi connectivity index (χ0) is 28.3. The molecule has 0 radical (unpaired) electrons. The van der Waals surface area contributed by atoms with Crippen LogP contribution in [0.3, 0.4) is 0 Å². The second-order valence-corrected chi connectivity index (χ2v) is 8.66. The van der Waals surface area contributed by atoms with Crippen LogP contribution in [0.5, 0.6) is 11.5 Å². The highest BCUT2D eigenvalue weighted by Gasteiger charge is 2.30. The average molecular weight is 556 g/mol. The Balaban J connectivity index is 1.80. The molecule has 0 saturated carbocycles. The molecule has 1 saturated heterocycles. The van der Waals surface area contributed by atoms with E-state index in [4.69, 9.17) is 14.2 Å². The number of pyridine rings is 1. The van der Waals surface area contributed by atoms with Crippen molar-refractivity contribution in [2.45, 2.75) is 31.6 Å². The Kier molecular flexibility index (Phi) is 8.18. The van der Waals surface area contributed by atoms with Crippen LogP contribution < -0.4 is 25.4 Å². The van der Waals surface area contributed by atoms with Crippen LogP contribution in [-0.4, -0.2) is 73.1 Å². The molecule has 1 aliphatic heterocycles. The molecule has 0 spiro atoms. The lowest BCUT2D eigenvalue weighted by Gasteiger charge is -2.32. The predicted octanol–water partition coefficient (Wildman–Crippen LogP) is 3.67. The molecule has 15 heteroatoms. The van der Waals surface area contributed by atoms with E-state index in [9.17, 15) is 18.0 Å². The smallest absolute Gasteiger partial charge is 0.405 e. The van der Waals surface area contributed by atoms with Gasteiger partial charge in [-0.25, -0.2) is 23.7 Å². The quantitative estimate of drug-likeness (QED) is 0.357. The summed E-state index contributed by atoms with van der Waals surface area (Å²) in [5, 5.41) is 8.15. The molecule has 1 aliphatic rings. The molecule has 1 amide bonds. The summed E-state index contributed by atoms with van der Waals surface area (Å²) in [5.41, 5.74) is -1.04. The van der Waals surface area contributed by atoms with Gasteiger partial charge in [-0.15, -0.1) is 0 Å². The van der Waals surface area contributed by atoms with E-state index in [2.05, 4.69) is 30.9 Å². The maximum atomic E-state index is 15.2. The Morgan fingerprint density at radius 2 is 1.79 bits per heavy atom. The zero-order valence-electron chi connectivity index (χ0n) is 21.1. The molecule has 2 aromatic heterocycles. The van der Waals surface area contributed by atoms with Crippen LogP contribution in [0.15, 0.2) is 18.3 Å². The van der Waals surface area contributed by atoms with E-state index < -0.39 is 36.0 Å². The molecule has 1 fully saturated rings. The fraction of sp³-hybridized carbons (Fsp3) is 0.417. The van der Waals surface area contributed by atoms with Crippen LogP contribution in [0.2, 0.25) is 0 Å². The zero-order valence-corrected chi connectivity index (χ0v) is 21.1. The number of amides is 1. The SMILES string of the molecule is COc1cc(OC)c(F)c(-c2cc3cnc(N[C@@H]4COCC[C@@H]4NC(C)=O)nc3c(NCC(F)(F)F)n2)c1F. The first kappa shape index (κ1) is 28.0. The van der Waals surface area contributed by atoms with Crippen molar-refractivity contribution in [3.8, 4) is 22.8 Å². The van der Waals surface area contributed by atoms with Gasteiger partial charge in [0.05, 0.1) is 44.2 Å². The molecular formula is C24H25F5N6O4. The van der Waals surface area contributed by atoms with Crippen molar-refractivity contribution in [1.82, 2.24) is 20.3 Å². The van der Waals surface area contributed by atoms with Gasteiger partial charge in [0.25, 0.3) is 0 Å². The molecule has 3 heterocycles. The van der Waals surface area contributed by atoms with Gasteiger partial charge in [-0.3, -0.25) is 4.79 Å². The van der Waals surface area contributed by atoms with Gasteiger partial charge in [-0.05, 0) is 12.5 Å². The number of rotatable bonds is 8. The number of ether oxygens (including phenoxy) is 3. The number of alkyl halides is 3. The van der Waals surface area contributed by atoms with Crippen LogP contribution in [0.4, 0.5) is 33.7 Å². The summed E-state index contributed by atoms with van der Waals surface area (Å²) in [4.78, 5) is 24.2. The van der Waals surface area contributed by atoms with E-state index in [1.54, 1.807) is 0 Å². The van der Waals surface area contributed by atoms with Crippen molar-refractivity contribution in [3.63, 3.8) is 0 Å². The molecule has 39 heavy (non-hydrogen) atoms. The van der Waals surface area contributed by atoms with Crippen LogP contribution in [0, 0.1) is 11.6 Å². The Hall–Kier alpha value is -4.01. The molecule has 4 rings (SSSR count). The number of hydrogen-bond donors (Lipinski definition) is 3. The highest BCUT2D eigenvalue weighted by atomic mass is 19.4. The molecule has 0 unspecified atom stereocenters. The van der Waals surface area contributed by atoms with Gasteiger partial charge in [0.1, 0.15) is 12.1 Å². The number of fused-ring (bicyclic) bond motifs is 1. The van der Waals surface area contributed by atoms with Crippen molar-refractivity contribution in [1.29, 1.82) is 0 Å². The molecule has 1 aromatic carbocycles. The van der Waals surface area contributed by atoms with E-state index in [1.807, 2.05) is 0 Å². The number of aromatic nitrogens is 3. The number of halogens is 5. The van der Waals surface area contributed by atoms with E-state index in [0.29, 0.717) is 13.0 Å². The number of nitrogens with zero attached hydrogens (tertiary/aromatic N) is 3. The number of benzene rings is 1. The standard InChI is InChI=1S/C24H25F5N6O4/c1-11(36)32-13-4-5-39-9-15(13)34-23-30-8-12-6-14(33-22(21(12)35-23)31-10-24(27,28)29)18-19(25)16(37-2)7-17(38-3)20(18)26/h6-8,13,15H,4-5,9-10H2,1-3H3,(H,31,33)(H,32,36)(H,30,34,35)/t13-,15+/m0/s1. The summed E-state index contributed by atoms with van der Waals surface area (Å²) in [5.74, 6) is -3.54. The van der Waals surface area contributed by atoms with Gasteiger partial charge >= 0.3 is 6.18 Å². The van der Waals surface area contributed by atoms with E-state index in [-0.39, 0.29) is 58.4 Å². The number of anilines is 2. The van der Waals surface area contributed by atoms with E-state index in [1.165, 1.54) is 33.4 Å². The maximum absolute atomic E-state index is 15.2. The third kappa shape index (κ3) is 6.35. The van der Waals surface area contributed by atoms with Gasteiger partial charge in [0, 0.05) is 31.2 Å². The minimum Gasteiger partial charge on any atom is -0.494 e. The van der Waals surface area contributed by atoms with Crippen molar-refractivity contribution in [3.05, 3.63) is 30.0 Å². The van der Waals surface area contributed by atoms with Crippen LogP contribution in [-0.2, 0) is 9.53 Å². The minimum atomic E-state index is -4.63. The summed E-state index contributed by atoms with van der Waals surface area (Å²) < 4.78 is 84.9. The van der Waals surface area contributed by atoms with E-state index in [0.717, 1.165) is 6.07 Å². The number of nitrogens with one attached hydrogen (secondary N) is 3. The number of carbonyl (C=O) groups is 1. The first-order valence-corrected chi connectivity index (χ1v) is 11.7. The summed E-state index contributed by atoms with van der Waals surface area (Å²) in [6, 6.07) is 1.52. The molecule has 10 nitrogen and oxygen atoms in total. The minimum absolute atomic E-state index is 0.0263. The molecule has 2 atom stereocenters. The Morgan fingerprint density at radius 1 is 1.10 bits per heavy atom. The van der Waals surface area contributed by atoms with E-state index >= 15 is 8.78 Å². The summed E-state index contributed by atoms with van der Waals surface area (Å²) in [6.45, 7) is 0.546. The molecule has 0 bridgehead atoms. The second-order valence-electron chi connectivity index (χ2n) is 8.66. The highest BCUT2D eigenvalue weighted by Crippen LogP contribution is 2.38. The number of methoxy groups -OCH3 is 2. The largest absolute Gasteiger partial charge is 0.494 e. The van der Waals surface area contributed by atoms with Crippen LogP contribution in [0.1, 0.15) is 13.3 Å². The third-order valence-corrected chi connectivity index (χ3v) is 5.91. The fourth-order valence-electron chi connectivity index (χ4n) is 4.13. The number of hydrogen-bond acceptors (Lipinski definition) is 9. The Labute approximate surface area is 219 Å². The lowest BCUT2D eigenvalue weighted by atomic mass is 10.0. The molecule has 3 N–H and O–H groups in total. The first-order chi connectivity index (χ1) is 18.5. The van der Waals surface area contributed by atoms with Crippen LogP contribution >= 0.6 is 0 Å². The average Bonchev–Trinajstić information content (AvgIpc) is 2.88. The third-order valence-electron chi connectivity index (χ3n) is 5.91. The van der Waals surface area contributed by atoms with Gasteiger partial charge in [-0.1, -0.05) is 0 Å². The van der Waals surface area contributed by atoms with Crippen molar-refractivity contribution >= 4 is 28.6 Å². The van der Waals surface area contributed by atoms with Gasteiger partial charge in [-0.2, -0.15) is 13.2 Å². The van der Waals surface area contributed by atoms with Crippen LogP contribution in [0.25, 0.3) is 22.2 Å². The molecule has 0 aliphatic carbocycles. The molecular weight excluding hydrogens is 531 g/mol. The Bertz CT molecular complexity index is 1350. The molecule has 3 aromatic rings. The summed E-state index contributed by atoms with van der Waals surface area (Å²) >= 11 is 0. The Morgan fingerprint density at radius 3 is 2.41 bits per heavy atom. The van der Waals surface area contributed by atoms with Gasteiger partial charge < -0.3 is 30.2 Å². The number of carbonyl (C=O) groups excluding carboxylic acids is 1. The lowest BCUT2D eigenvalue weighted by molar-refractivity contribution is -0.120. The fourth-order valence-corrected chi connectivity index (χ4v) is 4.13. The van der Waals surface area contributed by atoms with Crippen molar-refractivity contribution in [2.75, 3.05) is 44.6 Å². The van der Waals surface area contributed by atoms with Gasteiger partial charge in [0.15, 0.2) is 29.0 Å². The maximum Gasteiger partial charge on any atom is 0.405 e. The second kappa shape index (κ2) is 11.4. The summed E-state index contributed by atoms with van der Waals surface area (Å²) in [6.07, 6.45) is -2.83. The highest BCUT2D eigenvalue weighted by molar-refractivity contribution is 5.92. The monoisotopic (exact) mass is 556 g/mol. The van der Waals surface area contributed by atoms with Gasteiger partial charge in [0.2, 0.25) is 11.9 Å². The lowest BCUT2D eigenvalue weighted by Crippen LogP contribution is -2.51. The predicted molar refractivity (Wildman–Crippen MR) is 131 cm³/mol. The molecule has 210 valence electrons. The van der Waals surface area contributed by atoms with Crippen molar-refractivity contribution < 1.29 is 41.0 Å². The first-order valence-electron chi connectivity index (χ1n) is 11.7. The topological polar surface area (TPSA) is 120 Å². The normalized spacial score (nSPS) is 17.5. The van der Waals surface area contributed by atoms with Crippen molar-refractivity contribution in [2.24, 2.45) is 0 Å².